The fourth-order valence-corrected chi connectivity index (χ4v) is 5.09. The van der Waals surface area contributed by atoms with Crippen LogP contribution in [0.15, 0.2) is 11.6 Å². The molecule has 0 amide bonds. The van der Waals surface area contributed by atoms with Crippen molar-refractivity contribution in [2.24, 2.45) is 10.8 Å². The predicted molar refractivity (Wildman–Crippen MR) is 77.8 cm³/mol. The van der Waals surface area contributed by atoms with Gasteiger partial charge in [0.05, 0.1) is 23.2 Å². The Bertz CT molecular complexity index is 430. The Labute approximate surface area is 125 Å². The molecule has 5 atom stereocenters. The molecule has 2 aliphatic carbocycles. The first-order chi connectivity index (χ1) is 8.75. The molecule has 2 bridgehead atoms. The fraction of sp³-hybridized carbons (Fsp3) is 0.867. The monoisotopic (exact) mass is 304 g/mol. The summed E-state index contributed by atoms with van der Waals surface area (Å²) in [6.07, 6.45) is 4.25. The number of aliphatic hydroxyl groups excluding tert-OH is 1. The molecular formula is C15H22Cl2O2. The average molecular weight is 305 g/mol. The number of alkyl halides is 2. The van der Waals surface area contributed by atoms with Gasteiger partial charge in [-0.1, -0.05) is 19.9 Å². The van der Waals surface area contributed by atoms with Crippen LogP contribution in [0.3, 0.4) is 0 Å². The second-order valence-electron chi connectivity index (χ2n) is 7.11. The third-order valence-electron chi connectivity index (χ3n) is 5.92. The lowest BCUT2D eigenvalue weighted by atomic mass is 9.50. The van der Waals surface area contributed by atoms with E-state index in [1.807, 2.05) is 6.92 Å². The molecule has 2 nitrogen and oxygen atoms in total. The van der Waals surface area contributed by atoms with Crippen LogP contribution in [-0.4, -0.2) is 34.2 Å². The Morgan fingerprint density at radius 1 is 1.32 bits per heavy atom. The van der Waals surface area contributed by atoms with Gasteiger partial charge in [0.15, 0.2) is 0 Å². The smallest absolute Gasteiger partial charge is 0.0739 e. The van der Waals surface area contributed by atoms with E-state index in [2.05, 4.69) is 19.9 Å². The molecule has 2 fully saturated rings. The summed E-state index contributed by atoms with van der Waals surface area (Å²) in [7, 11) is 0. The van der Waals surface area contributed by atoms with Gasteiger partial charge in [-0.05, 0) is 31.8 Å². The highest BCUT2D eigenvalue weighted by molar-refractivity contribution is 6.24. The summed E-state index contributed by atoms with van der Waals surface area (Å²) in [5.41, 5.74) is 1.10. The van der Waals surface area contributed by atoms with Crippen LogP contribution in [0, 0.1) is 10.8 Å². The van der Waals surface area contributed by atoms with Crippen LogP contribution in [0.25, 0.3) is 0 Å². The highest BCUT2D eigenvalue weighted by Gasteiger charge is 2.68. The number of fused-ring (bicyclic) bond motifs is 1. The molecule has 1 aliphatic heterocycles. The van der Waals surface area contributed by atoms with Crippen molar-refractivity contribution in [3.63, 3.8) is 0 Å². The maximum atomic E-state index is 10.5. The van der Waals surface area contributed by atoms with Crippen LogP contribution in [-0.2, 0) is 4.74 Å². The summed E-state index contributed by atoms with van der Waals surface area (Å²) in [6, 6.07) is 0. The van der Waals surface area contributed by atoms with E-state index in [4.69, 9.17) is 27.9 Å². The zero-order chi connectivity index (χ0) is 14.1. The van der Waals surface area contributed by atoms with E-state index in [1.54, 1.807) is 0 Å². The maximum absolute atomic E-state index is 10.5. The van der Waals surface area contributed by atoms with Crippen LogP contribution in [0.1, 0.15) is 40.0 Å². The molecule has 0 unspecified atom stereocenters. The zero-order valence-electron chi connectivity index (χ0n) is 11.7. The van der Waals surface area contributed by atoms with Crippen molar-refractivity contribution >= 4 is 23.2 Å². The lowest BCUT2D eigenvalue weighted by Gasteiger charge is -2.54. The molecule has 1 saturated heterocycles. The van der Waals surface area contributed by atoms with Gasteiger partial charge in [0.25, 0.3) is 0 Å². The summed E-state index contributed by atoms with van der Waals surface area (Å²) < 4.78 is 6.31. The van der Waals surface area contributed by atoms with E-state index in [0.717, 1.165) is 6.42 Å². The largest absolute Gasteiger partial charge is 0.391 e. The van der Waals surface area contributed by atoms with Gasteiger partial charge in [-0.3, -0.25) is 0 Å². The first-order valence-electron chi connectivity index (χ1n) is 7.03. The second kappa shape index (κ2) is 4.13. The SMILES string of the molecule is CC1(C)[C@@H]2CC=C(CCl)[C@]13C[C@H](O)[C@@](C)(Cl)C[C@@H]3O2. The summed E-state index contributed by atoms with van der Waals surface area (Å²) in [4.78, 5) is -0.596. The van der Waals surface area contributed by atoms with Crippen LogP contribution in [0.5, 0.6) is 0 Å². The molecule has 1 N–H and O–H groups in total. The molecule has 108 valence electrons. The number of rotatable bonds is 1. The van der Waals surface area contributed by atoms with E-state index in [1.165, 1.54) is 5.57 Å². The van der Waals surface area contributed by atoms with Gasteiger partial charge in [-0.2, -0.15) is 0 Å². The first-order valence-corrected chi connectivity index (χ1v) is 7.95. The summed E-state index contributed by atoms with van der Waals surface area (Å²) in [6.45, 7) is 6.41. The van der Waals surface area contributed by atoms with E-state index in [0.29, 0.717) is 18.7 Å². The average Bonchev–Trinajstić information content (AvgIpc) is 2.46. The quantitative estimate of drug-likeness (QED) is 0.593. The number of halogens is 2. The van der Waals surface area contributed by atoms with Crippen LogP contribution in [0.2, 0.25) is 0 Å². The minimum atomic E-state index is -0.596. The Morgan fingerprint density at radius 2 is 2.00 bits per heavy atom. The van der Waals surface area contributed by atoms with Crippen LogP contribution >= 0.6 is 23.2 Å². The van der Waals surface area contributed by atoms with Crippen molar-refractivity contribution < 1.29 is 9.84 Å². The molecule has 0 aromatic heterocycles. The molecule has 4 heteroatoms. The van der Waals surface area contributed by atoms with Crippen molar-refractivity contribution in [3.05, 3.63) is 11.6 Å². The lowest BCUT2D eigenvalue weighted by Crippen LogP contribution is -2.57. The third-order valence-corrected chi connectivity index (χ3v) is 6.62. The van der Waals surface area contributed by atoms with Gasteiger partial charge < -0.3 is 9.84 Å². The fourth-order valence-electron chi connectivity index (χ4n) is 4.53. The predicted octanol–water partition coefficient (Wildman–Crippen LogP) is 3.49. The minimum Gasteiger partial charge on any atom is -0.391 e. The lowest BCUT2D eigenvalue weighted by molar-refractivity contribution is -0.0504. The Morgan fingerprint density at radius 3 is 2.63 bits per heavy atom. The molecule has 3 rings (SSSR count). The Balaban J connectivity index is 2.11. The summed E-state index contributed by atoms with van der Waals surface area (Å²) in [5, 5.41) is 10.5. The van der Waals surface area contributed by atoms with E-state index in [-0.39, 0.29) is 23.0 Å². The molecule has 0 aromatic carbocycles. The molecule has 1 spiro atoms. The molecule has 1 saturated carbocycles. The number of ether oxygens (including phenoxy) is 1. The second-order valence-corrected chi connectivity index (χ2v) is 8.24. The Hall–Kier alpha value is 0.240. The molecule has 1 heterocycles. The molecular weight excluding hydrogens is 283 g/mol. The van der Waals surface area contributed by atoms with Gasteiger partial charge in [0.1, 0.15) is 0 Å². The Kier molecular flexibility index (Phi) is 3.08. The highest BCUT2D eigenvalue weighted by atomic mass is 35.5. The van der Waals surface area contributed by atoms with Gasteiger partial charge in [0, 0.05) is 16.7 Å². The van der Waals surface area contributed by atoms with Crippen molar-refractivity contribution in [3.8, 4) is 0 Å². The summed E-state index contributed by atoms with van der Waals surface area (Å²) >= 11 is 12.7. The standard InChI is InChI=1S/C15H22Cl2O2/c1-13(2)11-5-4-9(8-16)15(13)6-10(18)14(3,17)7-12(15)19-11/h4,10-12,18H,5-8H2,1-3H3/t10-,11-,12-,14-,15-/m0/s1. The first kappa shape index (κ1) is 14.2. The van der Waals surface area contributed by atoms with Gasteiger partial charge in [-0.25, -0.2) is 0 Å². The van der Waals surface area contributed by atoms with Crippen molar-refractivity contribution in [1.29, 1.82) is 0 Å². The van der Waals surface area contributed by atoms with Crippen molar-refractivity contribution in [2.75, 3.05) is 5.88 Å². The maximum Gasteiger partial charge on any atom is 0.0739 e. The number of aliphatic hydroxyl groups is 1. The molecule has 0 radical (unpaired) electrons. The molecule has 3 aliphatic rings. The van der Waals surface area contributed by atoms with Gasteiger partial charge >= 0.3 is 0 Å². The molecule has 0 aromatic rings. The summed E-state index contributed by atoms with van der Waals surface area (Å²) in [5.74, 6) is 0.516. The van der Waals surface area contributed by atoms with Crippen molar-refractivity contribution in [1.82, 2.24) is 0 Å². The van der Waals surface area contributed by atoms with Crippen LogP contribution < -0.4 is 0 Å². The molecule has 19 heavy (non-hydrogen) atoms. The van der Waals surface area contributed by atoms with E-state index < -0.39 is 11.0 Å². The topological polar surface area (TPSA) is 29.5 Å². The van der Waals surface area contributed by atoms with Gasteiger partial charge in [0.2, 0.25) is 0 Å². The normalized spacial score (nSPS) is 51.7. The van der Waals surface area contributed by atoms with Gasteiger partial charge in [-0.15, -0.1) is 23.2 Å². The minimum absolute atomic E-state index is 0.00497. The van der Waals surface area contributed by atoms with Crippen molar-refractivity contribution in [2.45, 2.75) is 63.2 Å². The number of hydrogen-bond acceptors (Lipinski definition) is 2. The zero-order valence-corrected chi connectivity index (χ0v) is 13.3. The highest BCUT2D eigenvalue weighted by Crippen LogP contribution is 2.66. The van der Waals surface area contributed by atoms with E-state index >= 15 is 0 Å². The third kappa shape index (κ3) is 1.64. The number of hydrogen-bond donors (Lipinski definition) is 1. The van der Waals surface area contributed by atoms with Crippen LogP contribution in [0.4, 0.5) is 0 Å². The van der Waals surface area contributed by atoms with E-state index in [9.17, 15) is 5.11 Å².